The van der Waals surface area contributed by atoms with Gasteiger partial charge in [0.1, 0.15) is 18.3 Å². The molecule has 2 heterocycles. The minimum absolute atomic E-state index is 0.245. The van der Waals surface area contributed by atoms with Crippen molar-refractivity contribution >= 4 is 5.78 Å². The predicted octanol–water partition coefficient (Wildman–Crippen LogP) is -0.282. The van der Waals surface area contributed by atoms with Crippen LogP contribution in [0.2, 0.25) is 0 Å². The third-order valence-corrected chi connectivity index (χ3v) is 3.38. The van der Waals surface area contributed by atoms with Crippen LogP contribution in [-0.2, 0) is 33.2 Å². The highest BCUT2D eigenvalue weighted by atomic mass is 16.8. The molecule has 2 aliphatic heterocycles. The van der Waals surface area contributed by atoms with Crippen molar-refractivity contribution in [1.29, 1.82) is 0 Å². The fourth-order valence-corrected chi connectivity index (χ4v) is 2.51. The fourth-order valence-electron chi connectivity index (χ4n) is 2.51. The predicted molar refractivity (Wildman–Crippen MR) is 62.6 cm³/mol. The molecule has 19 heavy (non-hydrogen) atoms. The normalized spacial score (nSPS) is 42.4. The van der Waals surface area contributed by atoms with Gasteiger partial charge >= 0.3 is 0 Å². The number of fused-ring (bicyclic) bond motifs is 1. The Morgan fingerprint density at radius 3 is 2.26 bits per heavy atom. The van der Waals surface area contributed by atoms with E-state index in [1.54, 1.807) is 6.92 Å². The Hall–Kier alpha value is -0.570. The average molecular weight is 276 g/mol. The molecular weight excluding hydrogens is 256 g/mol. The summed E-state index contributed by atoms with van der Waals surface area (Å²) in [6, 6.07) is 0. The third-order valence-electron chi connectivity index (χ3n) is 3.38. The van der Waals surface area contributed by atoms with E-state index in [4.69, 9.17) is 28.4 Å². The first-order valence-electron chi connectivity index (χ1n) is 6.22. The van der Waals surface area contributed by atoms with Crippen molar-refractivity contribution in [1.82, 2.24) is 0 Å². The summed E-state index contributed by atoms with van der Waals surface area (Å²) in [6.07, 6.45) is -3.81. The first-order chi connectivity index (χ1) is 9.17. The Kier molecular flexibility index (Phi) is 4.88. The molecule has 0 saturated carbocycles. The van der Waals surface area contributed by atoms with Gasteiger partial charge < -0.3 is 28.4 Å². The van der Waals surface area contributed by atoms with Crippen LogP contribution in [0.1, 0.15) is 6.92 Å². The van der Waals surface area contributed by atoms with E-state index in [1.165, 1.54) is 21.3 Å². The molecule has 0 aromatic rings. The van der Waals surface area contributed by atoms with Crippen LogP contribution in [0.5, 0.6) is 0 Å². The van der Waals surface area contributed by atoms with Crippen LogP contribution in [0.15, 0.2) is 0 Å². The number of methoxy groups -OCH3 is 3. The van der Waals surface area contributed by atoms with Crippen molar-refractivity contribution in [2.75, 3.05) is 27.9 Å². The molecule has 7 heteroatoms. The van der Waals surface area contributed by atoms with Gasteiger partial charge in [-0.2, -0.15) is 0 Å². The van der Waals surface area contributed by atoms with Gasteiger partial charge in [0, 0.05) is 27.9 Å². The third kappa shape index (κ3) is 2.54. The van der Waals surface area contributed by atoms with Crippen LogP contribution in [0, 0.1) is 0 Å². The highest BCUT2D eigenvalue weighted by Gasteiger charge is 2.57. The van der Waals surface area contributed by atoms with E-state index in [0.29, 0.717) is 6.61 Å². The number of hydrogen-bond acceptors (Lipinski definition) is 7. The van der Waals surface area contributed by atoms with Gasteiger partial charge in [-0.1, -0.05) is 0 Å². The van der Waals surface area contributed by atoms with Crippen molar-refractivity contribution < 1.29 is 33.2 Å². The maximum absolute atomic E-state index is 12.1. The Morgan fingerprint density at radius 2 is 1.74 bits per heavy atom. The number of carbonyl (C=O) groups is 1. The maximum Gasteiger partial charge on any atom is 0.221 e. The van der Waals surface area contributed by atoms with Gasteiger partial charge in [0.05, 0.1) is 0 Å². The molecular formula is C12H20O7. The second-order valence-corrected chi connectivity index (χ2v) is 4.35. The molecule has 2 aliphatic rings. The molecule has 0 N–H and O–H groups in total. The van der Waals surface area contributed by atoms with Gasteiger partial charge in [-0.15, -0.1) is 0 Å². The van der Waals surface area contributed by atoms with E-state index >= 15 is 0 Å². The zero-order valence-corrected chi connectivity index (χ0v) is 11.5. The summed E-state index contributed by atoms with van der Waals surface area (Å²) in [4.78, 5) is 12.1. The molecule has 2 rings (SSSR count). The molecule has 0 aliphatic carbocycles. The molecule has 0 aromatic carbocycles. The molecule has 2 saturated heterocycles. The van der Waals surface area contributed by atoms with Crippen molar-refractivity contribution in [3.63, 3.8) is 0 Å². The van der Waals surface area contributed by atoms with Gasteiger partial charge in [0.15, 0.2) is 12.4 Å². The van der Waals surface area contributed by atoms with Gasteiger partial charge in [-0.25, -0.2) is 0 Å². The number of carbonyl (C=O) groups excluding carboxylic acids is 1. The number of Topliss-reactive ketones (excluding diaryl/α,β-unsaturated/α-hetero) is 1. The zero-order valence-electron chi connectivity index (χ0n) is 11.5. The van der Waals surface area contributed by atoms with Crippen LogP contribution >= 0.6 is 0 Å². The first-order valence-corrected chi connectivity index (χ1v) is 6.22. The second kappa shape index (κ2) is 6.25. The van der Waals surface area contributed by atoms with E-state index in [-0.39, 0.29) is 5.78 Å². The van der Waals surface area contributed by atoms with E-state index in [2.05, 4.69) is 0 Å². The molecule has 0 amide bonds. The standard InChI is InChI=1S/C12H20O7/c1-5-17-11-6(13)7-9(19-11)8(14-2)10(15-3)12(16-4)18-7/h7-12H,5H2,1-4H3/t7?,8?,9-,10?,11?,12+/m1/s1. The van der Waals surface area contributed by atoms with Gasteiger partial charge in [0.2, 0.25) is 12.1 Å². The summed E-state index contributed by atoms with van der Waals surface area (Å²) in [5.74, 6) is -0.245. The molecule has 6 atom stereocenters. The largest absolute Gasteiger partial charge is 0.376 e. The van der Waals surface area contributed by atoms with Crippen molar-refractivity contribution in [2.45, 2.75) is 43.9 Å². The Balaban J connectivity index is 2.19. The van der Waals surface area contributed by atoms with Crippen molar-refractivity contribution in [2.24, 2.45) is 0 Å². The van der Waals surface area contributed by atoms with E-state index in [0.717, 1.165) is 0 Å². The van der Waals surface area contributed by atoms with E-state index in [1.807, 2.05) is 0 Å². The summed E-state index contributed by atoms with van der Waals surface area (Å²) < 4.78 is 32.4. The van der Waals surface area contributed by atoms with Crippen LogP contribution in [0.25, 0.3) is 0 Å². The molecule has 2 fully saturated rings. The lowest BCUT2D eigenvalue weighted by Crippen LogP contribution is -2.59. The minimum atomic E-state index is -0.911. The number of ketones is 1. The Bertz CT molecular complexity index is 321. The average Bonchev–Trinajstić information content (AvgIpc) is 2.74. The summed E-state index contributed by atoms with van der Waals surface area (Å²) in [7, 11) is 4.56. The molecule has 0 radical (unpaired) electrons. The lowest BCUT2D eigenvalue weighted by molar-refractivity contribution is -0.291. The number of ether oxygens (including phenoxy) is 6. The highest BCUT2D eigenvalue weighted by Crippen LogP contribution is 2.34. The fraction of sp³-hybridized carbons (Fsp3) is 0.917. The van der Waals surface area contributed by atoms with Gasteiger partial charge in [-0.3, -0.25) is 4.79 Å². The van der Waals surface area contributed by atoms with E-state index in [9.17, 15) is 4.79 Å². The quantitative estimate of drug-likeness (QED) is 0.683. The molecule has 0 spiro atoms. The van der Waals surface area contributed by atoms with Gasteiger partial charge in [-0.05, 0) is 6.92 Å². The summed E-state index contributed by atoms with van der Waals surface area (Å²) in [5.41, 5.74) is 0. The zero-order chi connectivity index (χ0) is 14.0. The highest BCUT2D eigenvalue weighted by molar-refractivity contribution is 5.89. The van der Waals surface area contributed by atoms with E-state index < -0.39 is 37.0 Å². The first kappa shape index (κ1) is 14.8. The lowest BCUT2D eigenvalue weighted by Gasteiger charge is -2.40. The molecule has 0 bridgehead atoms. The summed E-state index contributed by atoms with van der Waals surface area (Å²) in [5, 5.41) is 0. The van der Waals surface area contributed by atoms with Crippen molar-refractivity contribution in [3.8, 4) is 0 Å². The molecule has 110 valence electrons. The second-order valence-electron chi connectivity index (χ2n) is 4.35. The van der Waals surface area contributed by atoms with Crippen molar-refractivity contribution in [3.05, 3.63) is 0 Å². The smallest absolute Gasteiger partial charge is 0.221 e. The monoisotopic (exact) mass is 276 g/mol. The lowest BCUT2D eigenvalue weighted by atomic mass is 9.98. The van der Waals surface area contributed by atoms with Gasteiger partial charge in [0.25, 0.3) is 0 Å². The Labute approximate surface area is 112 Å². The van der Waals surface area contributed by atoms with Crippen LogP contribution in [0.4, 0.5) is 0 Å². The molecule has 4 unspecified atom stereocenters. The molecule has 0 aromatic heterocycles. The summed E-state index contributed by atoms with van der Waals surface area (Å²) in [6.45, 7) is 2.18. The SMILES string of the molecule is CCOC1O[C@@H]2C(O[C@H](OC)C(OC)C2OC)C1=O. The Morgan fingerprint density at radius 1 is 1.05 bits per heavy atom. The van der Waals surface area contributed by atoms with Crippen LogP contribution < -0.4 is 0 Å². The minimum Gasteiger partial charge on any atom is -0.376 e. The topological polar surface area (TPSA) is 72.5 Å². The van der Waals surface area contributed by atoms with Crippen LogP contribution in [-0.4, -0.2) is 70.7 Å². The van der Waals surface area contributed by atoms with Crippen LogP contribution in [0.3, 0.4) is 0 Å². The number of rotatable bonds is 5. The maximum atomic E-state index is 12.1. The number of hydrogen-bond donors (Lipinski definition) is 0. The molecule has 7 nitrogen and oxygen atoms in total. The summed E-state index contributed by atoms with van der Waals surface area (Å²) >= 11 is 0.